The molecule has 0 fully saturated rings. The van der Waals surface area contributed by atoms with E-state index in [1.807, 2.05) is 48.5 Å². The molecule has 2 unspecified atom stereocenters. The van der Waals surface area contributed by atoms with Gasteiger partial charge in [-0.05, 0) is 49.8 Å². The molecule has 0 aliphatic carbocycles. The molecule has 0 N–H and O–H groups in total. The van der Waals surface area contributed by atoms with Crippen LogP contribution in [-0.4, -0.2) is 42.3 Å². The van der Waals surface area contributed by atoms with E-state index in [0.29, 0.717) is 17.5 Å². The van der Waals surface area contributed by atoms with E-state index < -0.39 is 5.97 Å². The predicted molar refractivity (Wildman–Crippen MR) is 192 cm³/mol. The smallest absolute Gasteiger partial charge is 0.359 e. The number of amides is 1. The number of carbonyl (C=O) groups excluding carboxylic acids is 2. The third-order valence-corrected chi connectivity index (χ3v) is 9.69. The first-order valence-electron chi connectivity index (χ1n) is 17.1. The van der Waals surface area contributed by atoms with Crippen LogP contribution in [0.2, 0.25) is 0 Å². The van der Waals surface area contributed by atoms with Crippen LogP contribution >= 0.6 is 11.3 Å². The molecule has 1 aliphatic rings. The molecule has 0 saturated heterocycles. The maximum Gasteiger partial charge on any atom is 0.359 e. The second-order valence-electron chi connectivity index (χ2n) is 12.0. The van der Waals surface area contributed by atoms with Gasteiger partial charge in [0.2, 0.25) is 0 Å². The molecule has 0 spiro atoms. The minimum absolute atomic E-state index is 0.0118. The second-order valence-corrected chi connectivity index (χ2v) is 13.0. The molecule has 0 saturated carbocycles. The van der Waals surface area contributed by atoms with Crippen molar-refractivity contribution in [2.45, 2.75) is 86.0 Å². The second kappa shape index (κ2) is 17.8. The zero-order chi connectivity index (χ0) is 32.9. The number of unbranched alkanes of at least 4 members (excludes halogenated alkanes) is 2. The highest BCUT2D eigenvalue weighted by Crippen LogP contribution is 2.38. The molecule has 0 bridgehead atoms. The van der Waals surface area contributed by atoms with Crippen molar-refractivity contribution in [3.63, 3.8) is 0 Å². The van der Waals surface area contributed by atoms with Gasteiger partial charge in [-0.25, -0.2) is 9.78 Å². The summed E-state index contributed by atoms with van der Waals surface area (Å²) < 4.78 is 5.35. The van der Waals surface area contributed by atoms with Gasteiger partial charge in [-0.2, -0.15) is 10.1 Å². The lowest BCUT2D eigenvalue weighted by Crippen LogP contribution is -2.34. The molecule has 2 aromatic carbocycles. The van der Waals surface area contributed by atoms with Gasteiger partial charge in [0.1, 0.15) is 0 Å². The number of rotatable bonds is 18. The molecule has 1 aromatic heterocycles. The third kappa shape index (κ3) is 8.93. The van der Waals surface area contributed by atoms with Crippen LogP contribution in [0.4, 0.5) is 10.8 Å². The number of benzene rings is 2. The number of nitrogens with zero attached hydrogens (tertiary/aromatic N) is 4. The Kier molecular flexibility index (Phi) is 13.6. The number of esters is 1. The lowest BCUT2D eigenvalue weighted by molar-refractivity contribution is -0.135. The molecular weight excluding hydrogens is 593 g/mol. The number of para-hydroxylation sites is 1. The van der Waals surface area contributed by atoms with Crippen LogP contribution < -0.4 is 9.91 Å². The molecule has 46 heavy (non-hydrogen) atoms. The Morgan fingerprint density at radius 1 is 0.891 bits per heavy atom. The van der Waals surface area contributed by atoms with E-state index in [1.165, 1.54) is 43.5 Å². The number of carbonyl (C=O) groups is 2. The molecule has 246 valence electrons. The normalized spacial score (nSPS) is 15.2. The van der Waals surface area contributed by atoms with Crippen LogP contribution in [0, 0.1) is 11.8 Å². The van der Waals surface area contributed by atoms with Gasteiger partial charge < -0.3 is 9.64 Å². The van der Waals surface area contributed by atoms with Crippen molar-refractivity contribution in [2.24, 2.45) is 16.9 Å². The number of hydrogen-bond donors (Lipinski definition) is 0. The fraction of sp³-hybridized carbons (Fsp3) is 0.474. The summed E-state index contributed by atoms with van der Waals surface area (Å²) in [6, 6.07) is 19.3. The molecule has 8 heteroatoms. The third-order valence-electron chi connectivity index (χ3n) is 8.63. The monoisotopic (exact) mass is 642 g/mol. The van der Waals surface area contributed by atoms with Gasteiger partial charge in [0, 0.05) is 18.7 Å². The maximum atomic E-state index is 13.9. The van der Waals surface area contributed by atoms with Crippen LogP contribution in [0.3, 0.4) is 0 Å². The van der Waals surface area contributed by atoms with Gasteiger partial charge in [-0.15, -0.1) is 0 Å². The lowest BCUT2D eigenvalue weighted by atomic mass is 9.96. The minimum atomic E-state index is -0.614. The highest BCUT2D eigenvalue weighted by Gasteiger charge is 2.36. The summed E-state index contributed by atoms with van der Waals surface area (Å²) in [5, 5.41) is 6.71. The summed E-state index contributed by atoms with van der Waals surface area (Å²) >= 11 is 1.59. The van der Waals surface area contributed by atoms with Gasteiger partial charge in [-0.1, -0.05) is 126 Å². The fourth-order valence-corrected chi connectivity index (χ4v) is 6.86. The predicted octanol–water partition coefficient (Wildman–Crippen LogP) is 9.40. The average Bonchev–Trinajstić information content (AvgIpc) is 3.66. The van der Waals surface area contributed by atoms with Crippen LogP contribution in [-0.2, 0) is 14.3 Å². The first kappa shape index (κ1) is 35.1. The number of hydrazone groups is 1. The number of ether oxygens (including phenoxy) is 1. The quantitative estimate of drug-likeness (QED) is 0.102. The highest BCUT2D eigenvalue weighted by atomic mass is 32.1. The van der Waals surface area contributed by atoms with Gasteiger partial charge in [0.15, 0.2) is 10.8 Å². The summed E-state index contributed by atoms with van der Waals surface area (Å²) in [7, 11) is 0. The van der Waals surface area contributed by atoms with E-state index in [2.05, 4.69) is 37.7 Å². The van der Waals surface area contributed by atoms with Gasteiger partial charge in [0.25, 0.3) is 5.91 Å². The van der Waals surface area contributed by atoms with E-state index in [4.69, 9.17) is 9.72 Å². The highest BCUT2D eigenvalue weighted by molar-refractivity contribution is 7.17. The Hall–Kier alpha value is -3.78. The summed E-state index contributed by atoms with van der Waals surface area (Å²) in [6.45, 7) is 12.9. The topological polar surface area (TPSA) is 75.1 Å². The van der Waals surface area contributed by atoms with Crippen molar-refractivity contribution < 1.29 is 14.3 Å². The first-order valence-corrected chi connectivity index (χ1v) is 17.9. The molecule has 4 rings (SSSR count). The molecule has 1 aliphatic heterocycles. The molecule has 7 nitrogen and oxygen atoms in total. The number of hydrogen-bond acceptors (Lipinski definition) is 7. The summed E-state index contributed by atoms with van der Waals surface area (Å²) in [5.41, 5.74) is 2.58. The standard InChI is InChI=1S/C38H50N4O3S/c1-6-11-19-28(8-3)26-41(27-29(9-4)20-12-7-2)38-39-34(30-21-15-13-16-22-30)33(46-38)25-32-35(37(44)45-10-5)40-42(36(32)43)31-23-17-14-18-24-31/h13-18,21-25,28-29H,6-12,19-20,26-27H2,1-5H3/b32-25-. The Labute approximate surface area is 279 Å². The van der Waals surface area contributed by atoms with E-state index in [-0.39, 0.29) is 23.8 Å². The van der Waals surface area contributed by atoms with Crippen molar-refractivity contribution >= 4 is 45.8 Å². The zero-order valence-corrected chi connectivity index (χ0v) is 29.0. The first-order chi connectivity index (χ1) is 22.4. The van der Waals surface area contributed by atoms with Gasteiger partial charge in [0.05, 0.1) is 28.4 Å². The molecule has 2 atom stereocenters. The molecule has 0 radical (unpaired) electrons. The van der Waals surface area contributed by atoms with Crippen LogP contribution in [0.5, 0.6) is 0 Å². The SMILES string of the molecule is CCCCC(CC)CN(CC(CC)CCCC)c1nc(-c2ccccc2)c(/C=C2\C(=O)N(c3ccccc3)N=C2C(=O)OCC)s1. The van der Waals surface area contributed by atoms with Crippen LogP contribution in [0.15, 0.2) is 71.3 Å². The van der Waals surface area contributed by atoms with Crippen molar-refractivity contribution in [1.29, 1.82) is 0 Å². The minimum Gasteiger partial charge on any atom is -0.461 e. The lowest BCUT2D eigenvalue weighted by Gasteiger charge is -2.30. The average molecular weight is 643 g/mol. The summed E-state index contributed by atoms with van der Waals surface area (Å²) in [6.07, 6.45) is 11.3. The zero-order valence-electron chi connectivity index (χ0n) is 28.2. The largest absolute Gasteiger partial charge is 0.461 e. The number of anilines is 2. The van der Waals surface area contributed by atoms with E-state index in [0.717, 1.165) is 47.2 Å². The van der Waals surface area contributed by atoms with Crippen LogP contribution in [0.25, 0.3) is 17.3 Å². The van der Waals surface area contributed by atoms with Crippen molar-refractivity contribution in [3.05, 3.63) is 71.1 Å². The van der Waals surface area contributed by atoms with E-state index >= 15 is 0 Å². The van der Waals surface area contributed by atoms with Crippen molar-refractivity contribution in [3.8, 4) is 11.3 Å². The molecule has 2 heterocycles. The summed E-state index contributed by atoms with van der Waals surface area (Å²) in [5.74, 6) is 0.175. The maximum absolute atomic E-state index is 13.9. The molecule has 1 amide bonds. The number of thiazole rings is 1. The van der Waals surface area contributed by atoms with Gasteiger partial charge in [-0.3, -0.25) is 4.79 Å². The van der Waals surface area contributed by atoms with Gasteiger partial charge >= 0.3 is 5.97 Å². The van der Waals surface area contributed by atoms with E-state index in [1.54, 1.807) is 36.5 Å². The summed E-state index contributed by atoms with van der Waals surface area (Å²) in [4.78, 5) is 35.6. The Morgan fingerprint density at radius 2 is 1.48 bits per heavy atom. The van der Waals surface area contributed by atoms with Crippen molar-refractivity contribution in [1.82, 2.24) is 4.98 Å². The molecule has 3 aromatic rings. The molecular formula is C38H50N4O3S. The van der Waals surface area contributed by atoms with Crippen molar-refractivity contribution in [2.75, 3.05) is 29.6 Å². The number of aromatic nitrogens is 1. The Morgan fingerprint density at radius 3 is 2.02 bits per heavy atom. The van der Waals surface area contributed by atoms with E-state index in [9.17, 15) is 9.59 Å². The fourth-order valence-electron chi connectivity index (χ4n) is 5.82. The van der Waals surface area contributed by atoms with Crippen LogP contribution in [0.1, 0.15) is 90.9 Å². The Balaban J connectivity index is 1.82. The Bertz CT molecular complexity index is 1450.